The van der Waals surface area contributed by atoms with Crippen LogP contribution >= 0.6 is 0 Å². The summed E-state index contributed by atoms with van der Waals surface area (Å²) in [4.78, 5) is 16.8. The van der Waals surface area contributed by atoms with Crippen molar-refractivity contribution in [3.8, 4) is 5.69 Å². The number of amides is 1. The van der Waals surface area contributed by atoms with Gasteiger partial charge in [0.25, 0.3) is 0 Å². The molecule has 2 aromatic carbocycles. The van der Waals surface area contributed by atoms with E-state index in [4.69, 9.17) is 0 Å². The third-order valence-electron chi connectivity index (χ3n) is 4.27. The van der Waals surface area contributed by atoms with Crippen molar-refractivity contribution < 1.29 is 22.7 Å². The number of imidazole rings is 1. The van der Waals surface area contributed by atoms with E-state index in [2.05, 4.69) is 15.0 Å². The number of benzene rings is 2. The number of halogens is 3. The minimum absolute atomic E-state index is 0.0520. The van der Waals surface area contributed by atoms with E-state index in [1.54, 1.807) is 0 Å². The van der Waals surface area contributed by atoms with E-state index in [0.29, 0.717) is 12.8 Å². The van der Waals surface area contributed by atoms with E-state index in [-0.39, 0.29) is 25.5 Å². The van der Waals surface area contributed by atoms with E-state index in [1.165, 1.54) is 0 Å². The van der Waals surface area contributed by atoms with Crippen LogP contribution in [0.5, 0.6) is 0 Å². The topological polar surface area (TPSA) is 56.2 Å². The molecule has 1 heterocycles. The SMILES string of the molecule is O=C(CCc1nc2ccccc2n1-c1ccccc1)NCCCOCC(F)(F)F. The molecule has 0 saturated heterocycles. The first-order valence-corrected chi connectivity index (χ1v) is 9.37. The lowest BCUT2D eigenvalue weighted by Crippen LogP contribution is -2.26. The minimum atomic E-state index is -4.33. The van der Waals surface area contributed by atoms with Gasteiger partial charge in [-0.25, -0.2) is 4.98 Å². The second-order valence-corrected chi connectivity index (χ2v) is 6.56. The van der Waals surface area contributed by atoms with E-state index >= 15 is 0 Å². The molecular formula is C21H22F3N3O2. The number of aromatic nitrogens is 2. The molecule has 0 aliphatic heterocycles. The van der Waals surface area contributed by atoms with Crippen LogP contribution in [0.2, 0.25) is 0 Å². The molecule has 0 fully saturated rings. The van der Waals surface area contributed by atoms with Gasteiger partial charge in [0.05, 0.1) is 11.0 Å². The molecule has 3 aromatic rings. The van der Waals surface area contributed by atoms with Gasteiger partial charge < -0.3 is 10.1 Å². The molecule has 8 heteroatoms. The van der Waals surface area contributed by atoms with Crippen molar-refractivity contribution in [3.63, 3.8) is 0 Å². The largest absolute Gasteiger partial charge is 0.411 e. The van der Waals surface area contributed by atoms with Gasteiger partial charge in [-0.15, -0.1) is 0 Å². The fourth-order valence-electron chi connectivity index (χ4n) is 3.01. The van der Waals surface area contributed by atoms with Crippen LogP contribution in [0, 0.1) is 0 Å². The van der Waals surface area contributed by atoms with Crippen molar-refractivity contribution in [2.24, 2.45) is 0 Å². The van der Waals surface area contributed by atoms with Gasteiger partial charge >= 0.3 is 6.18 Å². The van der Waals surface area contributed by atoms with Gasteiger partial charge in [-0.05, 0) is 30.7 Å². The Kier molecular flexibility index (Phi) is 6.87. The molecule has 0 bridgehead atoms. The Morgan fingerprint density at radius 2 is 1.79 bits per heavy atom. The molecule has 154 valence electrons. The summed E-state index contributed by atoms with van der Waals surface area (Å²) in [6.45, 7) is -1.05. The Bertz CT molecular complexity index is 939. The summed E-state index contributed by atoms with van der Waals surface area (Å²) in [5.74, 6) is 0.605. The first-order valence-electron chi connectivity index (χ1n) is 9.37. The van der Waals surface area contributed by atoms with E-state index in [1.807, 2.05) is 59.2 Å². The van der Waals surface area contributed by atoms with Gasteiger partial charge in [-0.3, -0.25) is 9.36 Å². The highest BCUT2D eigenvalue weighted by Gasteiger charge is 2.27. The van der Waals surface area contributed by atoms with Crippen molar-refractivity contribution in [2.45, 2.75) is 25.4 Å². The van der Waals surface area contributed by atoms with Crippen LogP contribution in [0.15, 0.2) is 54.6 Å². The number of carbonyl (C=O) groups is 1. The first kappa shape index (κ1) is 20.9. The van der Waals surface area contributed by atoms with Crippen LogP contribution in [-0.4, -0.2) is 41.4 Å². The molecule has 0 aliphatic carbocycles. The molecule has 1 N–H and O–H groups in total. The van der Waals surface area contributed by atoms with Gasteiger partial charge in [0.15, 0.2) is 0 Å². The maximum absolute atomic E-state index is 12.1. The monoisotopic (exact) mass is 405 g/mol. The molecule has 3 rings (SSSR count). The molecular weight excluding hydrogens is 383 g/mol. The molecule has 0 radical (unpaired) electrons. The zero-order valence-corrected chi connectivity index (χ0v) is 15.8. The Labute approximate surface area is 166 Å². The number of hydrogen-bond acceptors (Lipinski definition) is 3. The summed E-state index contributed by atoms with van der Waals surface area (Å²) in [5.41, 5.74) is 2.79. The highest BCUT2D eigenvalue weighted by Crippen LogP contribution is 2.22. The van der Waals surface area contributed by atoms with Gasteiger partial charge in [0.2, 0.25) is 5.91 Å². The molecule has 0 atom stereocenters. The lowest BCUT2D eigenvalue weighted by atomic mass is 10.2. The summed E-state index contributed by atoms with van der Waals surface area (Å²) in [6.07, 6.45) is -3.32. The zero-order valence-electron chi connectivity index (χ0n) is 15.8. The average Bonchev–Trinajstić information content (AvgIpc) is 3.07. The maximum atomic E-state index is 12.1. The van der Waals surface area contributed by atoms with Crippen LogP contribution in [0.1, 0.15) is 18.7 Å². The van der Waals surface area contributed by atoms with E-state index in [0.717, 1.165) is 22.5 Å². The molecule has 1 aromatic heterocycles. The van der Waals surface area contributed by atoms with Crippen molar-refractivity contribution in [3.05, 3.63) is 60.4 Å². The lowest BCUT2D eigenvalue weighted by molar-refractivity contribution is -0.174. The van der Waals surface area contributed by atoms with Crippen molar-refractivity contribution in [1.82, 2.24) is 14.9 Å². The lowest BCUT2D eigenvalue weighted by Gasteiger charge is -2.10. The molecule has 1 amide bonds. The second kappa shape index (κ2) is 9.56. The van der Waals surface area contributed by atoms with E-state index in [9.17, 15) is 18.0 Å². The quantitative estimate of drug-likeness (QED) is 0.547. The van der Waals surface area contributed by atoms with Crippen molar-refractivity contribution in [1.29, 1.82) is 0 Å². The molecule has 0 saturated carbocycles. The predicted octanol–water partition coefficient (Wildman–Crippen LogP) is 4.04. The fraction of sp³-hybridized carbons (Fsp3) is 0.333. The van der Waals surface area contributed by atoms with Gasteiger partial charge in [-0.1, -0.05) is 30.3 Å². The number of aryl methyl sites for hydroxylation is 1. The number of carbonyl (C=O) groups excluding carboxylic acids is 1. The van der Waals surface area contributed by atoms with Gasteiger partial charge in [-0.2, -0.15) is 13.2 Å². The van der Waals surface area contributed by atoms with Gasteiger partial charge in [0, 0.05) is 31.7 Å². The summed E-state index contributed by atoms with van der Waals surface area (Å²) in [7, 11) is 0. The summed E-state index contributed by atoms with van der Waals surface area (Å²) >= 11 is 0. The number of hydrogen-bond donors (Lipinski definition) is 1. The highest BCUT2D eigenvalue weighted by atomic mass is 19.4. The van der Waals surface area contributed by atoms with Gasteiger partial charge in [0.1, 0.15) is 12.4 Å². The first-order chi connectivity index (χ1) is 13.9. The van der Waals surface area contributed by atoms with Crippen LogP contribution < -0.4 is 5.32 Å². The van der Waals surface area contributed by atoms with Crippen molar-refractivity contribution >= 4 is 16.9 Å². The Morgan fingerprint density at radius 1 is 1.07 bits per heavy atom. The second-order valence-electron chi connectivity index (χ2n) is 6.56. The Balaban J connectivity index is 1.55. The Morgan fingerprint density at radius 3 is 2.55 bits per heavy atom. The fourth-order valence-corrected chi connectivity index (χ4v) is 3.01. The molecule has 0 spiro atoms. The maximum Gasteiger partial charge on any atom is 0.411 e. The highest BCUT2D eigenvalue weighted by molar-refractivity contribution is 5.79. The number of nitrogens with one attached hydrogen (secondary N) is 1. The summed E-state index contributed by atoms with van der Waals surface area (Å²) in [6, 6.07) is 17.6. The number of para-hydroxylation sites is 3. The summed E-state index contributed by atoms with van der Waals surface area (Å²) in [5, 5.41) is 2.71. The predicted molar refractivity (Wildman–Crippen MR) is 104 cm³/mol. The van der Waals surface area contributed by atoms with Crippen molar-refractivity contribution in [2.75, 3.05) is 19.8 Å². The van der Waals surface area contributed by atoms with Crippen LogP contribution in [-0.2, 0) is 16.0 Å². The van der Waals surface area contributed by atoms with E-state index < -0.39 is 12.8 Å². The number of ether oxygens (including phenoxy) is 1. The third kappa shape index (κ3) is 6.05. The van der Waals surface area contributed by atoms with Crippen LogP contribution in [0.4, 0.5) is 13.2 Å². The van der Waals surface area contributed by atoms with Crippen LogP contribution in [0.25, 0.3) is 16.7 Å². The zero-order chi connectivity index (χ0) is 20.7. The minimum Gasteiger partial charge on any atom is -0.372 e. The number of nitrogens with zero attached hydrogens (tertiary/aromatic N) is 2. The standard InChI is InChI=1S/C21H22F3N3O2/c22-21(23,24)15-29-14-6-13-25-20(28)12-11-19-26-17-9-4-5-10-18(17)27(19)16-7-2-1-3-8-16/h1-5,7-10H,6,11-15H2,(H,25,28). The third-order valence-corrected chi connectivity index (χ3v) is 4.27. The number of rotatable bonds is 9. The summed E-state index contributed by atoms with van der Waals surface area (Å²) < 4.78 is 42.5. The number of alkyl halides is 3. The van der Waals surface area contributed by atoms with Crippen LogP contribution in [0.3, 0.4) is 0 Å². The average molecular weight is 405 g/mol. The number of fused-ring (bicyclic) bond motifs is 1. The molecule has 0 unspecified atom stereocenters. The molecule has 5 nitrogen and oxygen atoms in total. The smallest absolute Gasteiger partial charge is 0.372 e. The molecule has 0 aliphatic rings. The molecule has 29 heavy (non-hydrogen) atoms. The Hall–Kier alpha value is -2.87. The normalized spacial score (nSPS) is 11.7.